The molecule has 4 rings (SSSR count). The summed E-state index contributed by atoms with van der Waals surface area (Å²) < 4.78 is 16.3. The Hall–Kier alpha value is -1.22. The predicted molar refractivity (Wildman–Crippen MR) is 52.5 cm³/mol. The number of hydrogen-bond acceptors (Lipinski definition) is 3. The molecule has 15 heavy (non-hydrogen) atoms. The van der Waals surface area contributed by atoms with E-state index in [-0.39, 0.29) is 0 Å². The second-order valence-corrected chi connectivity index (χ2v) is 4.40. The molecule has 0 aromatic heterocycles. The summed E-state index contributed by atoms with van der Waals surface area (Å²) in [5, 5.41) is 0. The van der Waals surface area contributed by atoms with Gasteiger partial charge in [-0.1, -0.05) is 0 Å². The van der Waals surface area contributed by atoms with Crippen LogP contribution < -0.4 is 0 Å². The van der Waals surface area contributed by atoms with Crippen LogP contribution in [-0.2, 0) is 14.2 Å². The summed E-state index contributed by atoms with van der Waals surface area (Å²) in [6.07, 6.45) is 9.19. The van der Waals surface area contributed by atoms with Crippen LogP contribution in [0, 0.1) is 0 Å². The summed E-state index contributed by atoms with van der Waals surface area (Å²) >= 11 is 0. The van der Waals surface area contributed by atoms with Crippen molar-refractivity contribution in [2.45, 2.75) is 37.9 Å². The van der Waals surface area contributed by atoms with E-state index in [0.29, 0.717) is 12.2 Å². The Bertz CT molecular complexity index is 379. The Labute approximate surface area is 88.0 Å². The molecule has 2 unspecified atom stereocenters. The molecule has 4 aliphatic rings. The van der Waals surface area contributed by atoms with Gasteiger partial charge in [0.2, 0.25) is 0 Å². The molecule has 0 radical (unpaired) electrons. The van der Waals surface area contributed by atoms with Crippen LogP contribution in [0.25, 0.3) is 0 Å². The van der Waals surface area contributed by atoms with E-state index in [1.807, 2.05) is 12.2 Å². The number of allylic oxidation sites excluding steroid dienone is 4. The molecule has 1 aliphatic carbocycles. The third-order valence-corrected chi connectivity index (χ3v) is 3.32. The average molecular weight is 204 g/mol. The lowest BCUT2D eigenvalue weighted by Gasteiger charge is -1.89. The highest BCUT2D eigenvalue weighted by Crippen LogP contribution is 2.41. The third-order valence-electron chi connectivity index (χ3n) is 3.32. The van der Waals surface area contributed by atoms with Crippen molar-refractivity contribution in [3.05, 3.63) is 35.2 Å². The summed E-state index contributed by atoms with van der Waals surface area (Å²) in [5.74, 6) is 4.30. The summed E-state index contributed by atoms with van der Waals surface area (Å²) in [7, 11) is 0. The molecule has 0 bridgehead atoms. The first-order valence-corrected chi connectivity index (χ1v) is 5.56. The Morgan fingerprint density at radius 2 is 1.40 bits per heavy atom. The van der Waals surface area contributed by atoms with Gasteiger partial charge >= 0.3 is 0 Å². The van der Waals surface area contributed by atoms with Gasteiger partial charge in [0, 0.05) is 12.8 Å². The first-order chi connectivity index (χ1) is 7.40. The van der Waals surface area contributed by atoms with Crippen LogP contribution in [0.1, 0.15) is 25.7 Å². The van der Waals surface area contributed by atoms with Gasteiger partial charge in [-0.25, -0.2) is 0 Å². The molecular formula is C12H12O3. The highest BCUT2D eigenvalue weighted by molar-refractivity contribution is 5.37. The lowest BCUT2D eigenvalue weighted by molar-refractivity contribution is 0.348. The number of rotatable bonds is 0. The number of hydrogen-bond donors (Lipinski definition) is 0. The fourth-order valence-corrected chi connectivity index (χ4v) is 2.20. The summed E-state index contributed by atoms with van der Waals surface area (Å²) in [4.78, 5) is 0. The van der Waals surface area contributed by atoms with Crippen molar-refractivity contribution in [3.8, 4) is 0 Å². The fraction of sp³-hybridized carbons (Fsp3) is 0.500. The van der Waals surface area contributed by atoms with Gasteiger partial charge in [-0.05, 0) is 25.0 Å². The van der Waals surface area contributed by atoms with E-state index in [9.17, 15) is 0 Å². The number of fused-ring (bicyclic) bond motifs is 1. The maximum atomic E-state index is 5.59. The predicted octanol–water partition coefficient (Wildman–Crippen LogP) is 2.37. The smallest absolute Gasteiger partial charge is 0.165 e. The molecule has 0 spiro atoms. The minimum atomic E-state index is 0.467. The second kappa shape index (κ2) is 2.67. The van der Waals surface area contributed by atoms with Gasteiger partial charge in [-0.15, -0.1) is 0 Å². The van der Waals surface area contributed by atoms with E-state index in [1.54, 1.807) is 0 Å². The Morgan fingerprint density at radius 3 is 1.93 bits per heavy atom. The van der Waals surface area contributed by atoms with Crippen LogP contribution >= 0.6 is 0 Å². The summed E-state index contributed by atoms with van der Waals surface area (Å²) in [6, 6.07) is 0. The highest BCUT2D eigenvalue weighted by atomic mass is 16.6. The molecule has 1 saturated heterocycles. The van der Waals surface area contributed by atoms with Gasteiger partial charge < -0.3 is 14.2 Å². The minimum absolute atomic E-state index is 0.467. The Kier molecular flexibility index (Phi) is 1.42. The summed E-state index contributed by atoms with van der Waals surface area (Å²) in [6.45, 7) is 0. The molecule has 0 N–H and O–H groups in total. The lowest BCUT2D eigenvalue weighted by Crippen LogP contribution is -1.93. The quantitative estimate of drug-likeness (QED) is 0.568. The van der Waals surface area contributed by atoms with Crippen LogP contribution in [0.3, 0.4) is 0 Å². The van der Waals surface area contributed by atoms with Crippen LogP contribution in [0.15, 0.2) is 35.2 Å². The topological polar surface area (TPSA) is 37.6 Å². The van der Waals surface area contributed by atoms with Crippen molar-refractivity contribution >= 4 is 0 Å². The Morgan fingerprint density at radius 1 is 0.867 bits per heavy atom. The van der Waals surface area contributed by atoms with Crippen molar-refractivity contribution in [2.24, 2.45) is 0 Å². The molecule has 0 aromatic rings. The maximum absolute atomic E-state index is 5.59. The standard InChI is InChI=1S/C12H12O3/c1-2-8-10(14-8)5-6-12-11(15-12)4-3-9-7(1)13-9/h1-2,11-12H,3-6H2/b2-1+. The van der Waals surface area contributed by atoms with E-state index >= 15 is 0 Å². The first kappa shape index (κ1) is 7.99. The molecule has 1 fully saturated rings. The maximum Gasteiger partial charge on any atom is 0.165 e. The first-order valence-electron chi connectivity index (χ1n) is 5.56. The fourth-order valence-electron chi connectivity index (χ4n) is 2.20. The van der Waals surface area contributed by atoms with Crippen molar-refractivity contribution < 1.29 is 14.2 Å². The third kappa shape index (κ3) is 1.47. The van der Waals surface area contributed by atoms with Gasteiger partial charge in [-0.2, -0.15) is 0 Å². The van der Waals surface area contributed by atoms with Gasteiger partial charge in [0.1, 0.15) is 11.5 Å². The largest absolute Gasteiger partial charge is 0.454 e. The van der Waals surface area contributed by atoms with Crippen LogP contribution in [0.4, 0.5) is 0 Å². The molecule has 3 aliphatic heterocycles. The van der Waals surface area contributed by atoms with Gasteiger partial charge in [0.05, 0.1) is 12.2 Å². The van der Waals surface area contributed by atoms with Crippen molar-refractivity contribution in [1.82, 2.24) is 0 Å². The normalized spacial score (nSPS) is 38.4. The zero-order valence-electron chi connectivity index (χ0n) is 8.36. The molecule has 3 heteroatoms. The van der Waals surface area contributed by atoms with Gasteiger partial charge in [0.25, 0.3) is 0 Å². The van der Waals surface area contributed by atoms with E-state index < -0.39 is 0 Å². The zero-order valence-corrected chi connectivity index (χ0v) is 8.36. The van der Waals surface area contributed by atoms with Crippen molar-refractivity contribution in [2.75, 3.05) is 0 Å². The van der Waals surface area contributed by atoms with Gasteiger partial charge in [0.15, 0.2) is 11.5 Å². The van der Waals surface area contributed by atoms with Crippen LogP contribution in [-0.4, -0.2) is 12.2 Å². The second-order valence-electron chi connectivity index (χ2n) is 4.40. The van der Waals surface area contributed by atoms with Crippen molar-refractivity contribution in [1.29, 1.82) is 0 Å². The summed E-state index contributed by atoms with van der Waals surface area (Å²) in [5.41, 5.74) is 0. The monoisotopic (exact) mass is 204 g/mol. The Balaban J connectivity index is 1.55. The number of ether oxygens (including phenoxy) is 3. The SMILES string of the molecule is C1=C/C2=C(CCC3OC3CCC3=C/1O3)O2. The van der Waals surface area contributed by atoms with E-state index in [4.69, 9.17) is 14.2 Å². The van der Waals surface area contributed by atoms with E-state index in [2.05, 4.69) is 0 Å². The molecule has 3 nitrogen and oxygen atoms in total. The molecule has 78 valence electrons. The molecule has 0 amide bonds. The molecular weight excluding hydrogens is 192 g/mol. The zero-order chi connectivity index (χ0) is 9.83. The van der Waals surface area contributed by atoms with Crippen LogP contribution in [0.5, 0.6) is 0 Å². The van der Waals surface area contributed by atoms with E-state index in [1.165, 1.54) is 0 Å². The van der Waals surface area contributed by atoms with Crippen molar-refractivity contribution in [3.63, 3.8) is 0 Å². The van der Waals surface area contributed by atoms with E-state index in [0.717, 1.165) is 48.7 Å². The highest BCUT2D eigenvalue weighted by Gasteiger charge is 2.40. The molecule has 0 aromatic carbocycles. The van der Waals surface area contributed by atoms with Crippen LogP contribution in [0.2, 0.25) is 0 Å². The average Bonchev–Trinajstić information content (AvgIpc) is 3.03. The number of epoxide rings is 1. The molecule has 3 heterocycles. The van der Waals surface area contributed by atoms with Gasteiger partial charge in [-0.3, -0.25) is 0 Å². The minimum Gasteiger partial charge on any atom is -0.454 e. The molecule has 2 atom stereocenters. The lowest BCUT2D eigenvalue weighted by atomic mass is 10.1. The molecule has 0 saturated carbocycles.